The monoisotopic (exact) mass is 278 g/mol. The summed E-state index contributed by atoms with van der Waals surface area (Å²) in [5.74, 6) is -1.49. The molecule has 2 rings (SSSR count). The third kappa shape index (κ3) is 3.03. The molecule has 0 spiro atoms. The minimum absolute atomic E-state index is 0.279. The fraction of sp³-hybridized carbons (Fsp3) is 0.286. The SMILES string of the molecule is NC(=O)C1[C@@H](O)CCN1C(=O)C=Cc1ccc(F)cc1. The van der Waals surface area contributed by atoms with E-state index in [1.54, 1.807) is 0 Å². The van der Waals surface area contributed by atoms with E-state index in [4.69, 9.17) is 5.73 Å². The van der Waals surface area contributed by atoms with Crippen molar-refractivity contribution in [3.63, 3.8) is 0 Å². The predicted molar refractivity (Wildman–Crippen MR) is 70.8 cm³/mol. The lowest BCUT2D eigenvalue weighted by Gasteiger charge is -2.22. The molecule has 6 heteroatoms. The molecule has 2 amide bonds. The van der Waals surface area contributed by atoms with E-state index in [0.717, 1.165) is 0 Å². The van der Waals surface area contributed by atoms with Gasteiger partial charge in [0.1, 0.15) is 11.9 Å². The lowest BCUT2D eigenvalue weighted by Crippen LogP contribution is -2.47. The van der Waals surface area contributed by atoms with E-state index >= 15 is 0 Å². The van der Waals surface area contributed by atoms with Gasteiger partial charge in [0.25, 0.3) is 0 Å². The van der Waals surface area contributed by atoms with Gasteiger partial charge in [0.15, 0.2) is 0 Å². The highest BCUT2D eigenvalue weighted by atomic mass is 19.1. The van der Waals surface area contributed by atoms with Crippen LogP contribution < -0.4 is 5.73 Å². The first-order chi connectivity index (χ1) is 9.49. The molecule has 0 bridgehead atoms. The third-order valence-electron chi connectivity index (χ3n) is 3.23. The van der Waals surface area contributed by atoms with Gasteiger partial charge >= 0.3 is 0 Å². The zero-order chi connectivity index (χ0) is 14.7. The van der Waals surface area contributed by atoms with E-state index < -0.39 is 24.0 Å². The molecule has 1 aromatic carbocycles. The summed E-state index contributed by atoms with van der Waals surface area (Å²) in [4.78, 5) is 24.5. The maximum absolute atomic E-state index is 12.7. The van der Waals surface area contributed by atoms with E-state index in [-0.39, 0.29) is 12.4 Å². The Hall–Kier alpha value is -2.21. The maximum atomic E-state index is 12.7. The summed E-state index contributed by atoms with van der Waals surface area (Å²) in [5.41, 5.74) is 5.84. The Kier molecular flexibility index (Phi) is 4.14. The van der Waals surface area contributed by atoms with Crippen molar-refractivity contribution in [2.75, 3.05) is 6.54 Å². The number of halogens is 1. The van der Waals surface area contributed by atoms with Crippen LogP contribution in [0.4, 0.5) is 4.39 Å². The van der Waals surface area contributed by atoms with Crippen molar-refractivity contribution in [1.29, 1.82) is 0 Å². The van der Waals surface area contributed by atoms with Gasteiger partial charge in [-0.15, -0.1) is 0 Å². The lowest BCUT2D eigenvalue weighted by atomic mass is 10.1. The summed E-state index contributed by atoms with van der Waals surface area (Å²) >= 11 is 0. The number of primary amides is 1. The van der Waals surface area contributed by atoms with Crippen LogP contribution in [0, 0.1) is 5.82 Å². The van der Waals surface area contributed by atoms with Crippen molar-refractivity contribution >= 4 is 17.9 Å². The van der Waals surface area contributed by atoms with Crippen LogP contribution in [0.15, 0.2) is 30.3 Å². The number of carbonyl (C=O) groups excluding carboxylic acids is 2. The molecule has 1 fully saturated rings. The number of amides is 2. The minimum atomic E-state index is -0.986. The second-order valence-corrected chi connectivity index (χ2v) is 4.62. The maximum Gasteiger partial charge on any atom is 0.247 e. The molecule has 1 aliphatic rings. The summed E-state index contributed by atoms with van der Waals surface area (Å²) in [5, 5.41) is 9.63. The quantitative estimate of drug-likeness (QED) is 0.779. The van der Waals surface area contributed by atoms with Gasteiger partial charge < -0.3 is 15.7 Å². The van der Waals surface area contributed by atoms with Crippen LogP contribution in [-0.2, 0) is 9.59 Å². The number of aliphatic hydroxyl groups excluding tert-OH is 1. The second-order valence-electron chi connectivity index (χ2n) is 4.62. The Morgan fingerprint density at radius 1 is 1.35 bits per heavy atom. The summed E-state index contributed by atoms with van der Waals surface area (Å²) < 4.78 is 12.7. The van der Waals surface area contributed by atoms with Crippen molar-refractivity contribution in [2.24, 2.45) is 5.73 Å². The van der Waals surface area contributed by atoms with Gasteiger partial charge in [0.05, 0.1) is 6.10 Å². The Morgan fingerprint density at radius 2 is 2.00 bits per heavy atom. The van der Waals surface area contributed by atoms with Gasteiger partial charge in [-0.2, -0.15) is 0 Å². The van der Waals surface area contributed by atoms with Crippen molar-refractivity contribution in [3.05, 3.63) is 41.7 Å². The number of nitrogens with zero attached hydrogens (tertiary/aromatic N) is 1. The number of likely N-dealkylation sites (tertiary alicyclic amines) is 1. The molecule has 20 heavy (non-hydrogen) atoms. The van der Waals surface area contributed by atoms with E-state index in [1.165, 1.54) is 41.3 Å². The van der Waals surface area contributed by atoms with Crippen LogP contribution in [0.1, 0.15) is 12.0 Å². The summed E-state index contributed by atoms with van der Waals surface area (Å²) in [6.45, 7) is 0.279. The summed E-state index contributed by atoms with van der Waals surface area (Å²) in [7, 11) is 0. The van der Waals surface area contributed by atoms with Gasteiger partial charge in [0, 0.05) is 12.6 Å². The lowest BCUT2D eigenvalue weighted by molar-refractivity contribution is -0.135. The first-order valence-electron chi connectivity index (χ1n) is 6.20. The fourth-order valence-corrected chi connectivity index (χ4v) is 2.20. The molecule has 0 saturated carbocycles. The normalized spacial score (nSPS) is 22.4. The van der Waals surface area contributed by atoms with Crippen LogP contribution in [-0.4, -0.2) is 40.5 Å². The molecule has 1 unspecified atom stereocenters. The Labute approximate surface area is 115 Å². The molecule has 0 aliphatic carbocycles. The van der Waals surface area contributed by atoms with E-state index in [9.17, 15) is 19.1 Å². The molecule has 0 radical (unpaired) electrons. The number of hydrogen-bond acceptors (Lipinski definition) is 3. The van der Waals surface area contributed by atoms with E-state index in [1.807, 2.05) is 0 Å². The van der Waals surface area contributed by atoms with Gasteiger partial charge in [-0.3, -0.25) is 9.59 Å². The first kappa shape index (κ1) is 14.2. The van der Waals surface area contributed by atoms with Crippen LogP contribution in [0.25, 0.3) is 6.08 Å². The standard InChI is InChI=1S/C14H15FN2O3/c15-10-4-1-9(2-5-10)3-6-12(19)17-8-7-11(18)13(17)14(16)20/h1-6,11,13,18H,7-8H2,(H2,16,20)/t11-,13?/m0/s1. The molecule has 1 aliphatic heterocycles. The first-order valence-corrected chi connectivity index (χ1v) is 6.20. The van der Waals surface area contributed by atoms with Crippen molar-refractivity contribution < 1.29 is 19.1 Å². The van der Waals surface area contributed by atoms with Crippen molar-refractivity contribution in [3.8, 4) is 0 Å². The van der Waals surface area contributed by atoms with Crippen molar-refractivity contribution in [2.45, 2.75) is 18.6 Å². The number of rotatable bonds is 3. The van der Waals surface area contributed by atoms with Gasteiger partial charge in [-0.05, 0) is 30.2 Å². The highest BCUT2D eigenvalue weighted by Crippen LogP contribution is 2.18. The third-order valence-corrected chi connectivity index (χ3v) is 3.23. The zero-order valence-electron chi connectivity index (χ0n) is 10.7. The predicted octanol–water partition coefficient (Wildman–Crippen LogP) is 0.286. The molecule has 0 aromatic heterocycles. The molecular weight excluding hydrogens is 263 g/mol. The highest BCUT2D eigenvalue weighted by molar-refractivity contribution is 5.96. The van der Waals surface area contributed by atoms with Crippen LogP contribution >= 0.6 is 0 Å². The highest BCUT2D eigenvalue weighted by Gasteiger charge is 2.38. The molecule has 106 valence electrons. The topological polar surface area (TPSA) is 83.6 Å². The van der Waals surface area contributed by atoms with E-state index in [0.29, 0.717) is 12.0 Å². The van der Waals surface area contributed by atoms with Gasteiger partial charge in [-0.25, -0.2) is 4.39 Å². The summed E-state index contributed by atoms with van der Waals surface area (Å²) in [6.07, 6.45) is 2.20. The largest absolute Gasteiger partial charge is 0.390 e. The molecule has 1 aromatic rings. The number of nitrogens with two attached hydrogens (primary N) is 1. The van der Waals surface area contributed by atoms with Gasteiger partial charge in [0.2, 0.25) is 11.8 Å². The van der Waals surface area contributed by atoms with Crippen LogP contribution in [0.3, 0.4) is 0 Å². The van der Waals surface area contributed by atoms with Gasteiger partial charge in [-0.1, -0.05) is 12.1 Å². The smallest absolute Gasteiger partial charge is 0.247 e. The molecule has 2 atom stereocenters. The van der Waals surface area contributed by atoms with Crippen LogP contribution in [0.5, 0.6) is 0 Å². The Morgan fingerprint density at radius 3 is 2.60 bits per heavy atom. The average Bonchev–Trinajstić information content (AvgIpc) is 2.80. The fourth-order valence-electron chi connectivity index (χ4n) is 2.20. The molecular formula is C14H15FN2O3. The van der Waals surface area contributed by atoms with E-state index in [2.05, 4.69) is 0 Å². The number of carbonyl (C=O) groups is 2. The number of benzene rings is 1. The number of aliphatic hydroxyl groups is 1. The number of hydrogen-bond donors (Lipinski definition) is 2. The van der Waals surface area contributed by atoms with Crippen LogP contribution in [0.2, 0.25) is 0 Å². The summed E-state index contributed by atoms with van der Waals surface area (Å²) in [6, 6.07) is 4.65. The molecule has 1 heterocycles. The average molecular weight is 278 g/mol. The second kappa shape index (κ2) is 5.83. The Bertz CT molecular complexity index is 542. The molecule has 5 nitrogen and oxygen atoms in total. The molecule has 1 saturated heterocycles. The zero-order valence-corrected chi connectivity index (χ0v) is 10.7. The minimum Gasteiger partial charge on any atom is -0.390 e. The Balaban J connectivity index is 2.08. The molecule has 3 N–H and O–H groups in total. The van der Waals surface area contributed by atoms with Crippen molar-refractivity contribution in [1.82, 2.24) is 4.90 Å².